The lowest BCUT2D eigenvalue weighted by molar-refractivity contribution is 0.140. The Kier molecular flexibility index (Phi) is 6.73. The fraction of sp³-hybridized carbons (Fsp3) is 0.296. The van der Waals surface area contributed by atoms with Crippen LogP contribution in [0.15, 0.2) is 60.8 Å². The fourth-order valence-corrected chi connectivity index (χ4v) is 4.52. The number of piperazine rings is 1. The maximum absolute atomic E-state index is 13.0. The zero-order chi connectivity index (χ0) is 25.1. The van der Waals surface area contributed by atoms with Crippen molar-refractivity contribution in [1.82, 2.24) is 24.3 Å². The minimum Gasteiger partial charge on any atom is -0.497 e. The second-order valence-corrected chi connectivity index (χ2v) is 8.81. The molecule has 2 aromatic carbocycles. The average molecular weight is 487 g/mol. The predicted molar refractivity (Wildman–Crippen MR) is 139 cm³/mol. The summed E-state index contributed by atoms with van der Waals surface area (Å²) in [4.78, 5) is 26.6. The second kappa shape index (κ2) is 10.2. The van der Waals surface area contributed by atoms with Crippen molar-refractivity contribution < 1.29 is 14.3 Å². The molecule has 1 aliphatic heterocycles. The first kappa shape index (κ1) is 23.6. The van der Waals surface area contributed by atoms with E-state index >= 15 is 0 Å². The number of hydrogen-bond acceptors (Lipinski definition) is 6. The van der Waals surface area contributed by atoms with Gasteiger partial charge in [0.25, 0.3) is 0 Å². The summed E-state index contributed by atoms with van der Waals surface area (Å²) >= 11 is 0. The zero-order valence-corrected chi connectivity index (χ0v) is 20.8. The smallest absolute Gasteiger partial charge is 0.322 e. The number of anilines is 1. The van der Waals surface area contributed by atoms with Gasteiger partial charge in [-0.2, -0.15) is 0 Å². The number of carbonyl (C=O) groups excluding carboxylic acids is 1. The lowest BCUT2D eigenvalue weighted by atomic mass is 10.2. The first-order chi connectivity index (χ1) is 17.6. The Bertz CT molecular complexity index is 1380. The summed E-state index contributed by atoms with van der Waals surface area (Å²) in [6.07, 6.45) is 1.80. The van der Waals surface area contributed by atoms with Crippen LogP contribution < -0.4 is 14.8 Å². The molecule has 0 spiro atoms. The first-order valence-corrected chi connectivity index (χ1v) is 12.0. The van der Waals surface area contributed by atoms with Crippen molar-refractivity contribution in [2.45, 2.75) is 13.5 Å². The van der Waals surface area contributed by atoms with Crippen molar-refractivity contribution in [3.63, 3.8) is 0 Å². The van der Waals surface area contributed by atoms with E-state index in [2.05, 4.69) is 51.0 Å². The van der Waals surface area contributed by atoms with Crippen molar-refractivity contribution in [3.8, 4) is 17.2 Å². The van der Waals surface area contributed by atoms with Crippen LogP contribution in [-0.4, -0.2) is 70.8 Å². The molecule has 4 aromatic rings. The minimum absolute atomic E-state index is 0.155. The molecule has 0 radical (unpaired) electrons. The molecule has 0 saturated carbocycles. The molecule has 2 aromatic heterocycles. The van der Waals surface area contributed by atoms with Gasteiger partial charge in [-0.25, -0.2) is 14.8 Å². The monoisotopic (exact) mass is 486 g/mol. The van der Waals surface area contributed by atoms with E-state index in [4.69, 9.17) is 14.5 Å². The molecule has 1 N–H and O–H groups in total. The molecule has 0 bridgehead atoms. The molecule has 1 fully saturated rings. The van der Waals surface area contributed by atoms with E-state index in [1.165, 1.54) is 5.56 Å². The number of nitrogens with one attached hydrogen (secondary N) is 1. The summed E-state index contributed by atoms with van der Waals surface area (Å²) in [6, 6.07) is 17.5. The van der Waals surface area contributed by atoms with Crippen LogP contribution in [0.2, 0.25) is 0 Å². The number of fused-ring (bicyclic) bond motifs is 1. The highest BCUT2D eigenvalue weighted by molar-refractivity contribution is 5.91. The number of methoxy groups -OCH3 is 2. The number of hydrogen-bond donors (Lipinski definition) is 1. The van der Waals surface area contributed by atoms with E-state index in [-0.39, 0.29) is 6.03 Å². The van der Waals surface area contributed by atoms with Crippen molar-refractivity contribution in [1.29, 1.82) is 0 Å². The second-order valence-electron chi connectivity index (χ2n) is 8.81. The molecule has 186 valence electrons. The molecular formula is C27H30N6O3. The van der Waals surface area contributed by atoms with Crippen LogP contribution in [0.1, 0.15) is 11.4 Å². The predicted octanol–water partition coefficient (Wildman–Crippen LogP) is 4.10. The van der Waals surface area contributed by atoms with Crippen LogP contribution in [0.3, 0.4) is 0 Å². The van der Waals surface area contributed by atoms with Gasteiger partial charge in [0.1, 0.15) is 22.8 Å². The molecule has 0 aliphatic carbocycles. The summed E-state index contributed by atoms with van der Waals surface area (Å²) in [5, 5.41) is 2.96. The van der Waals surface area contributed by atoms with Gasteiger partial charge in [-0.15, -0.1) is 0 Å². The standard InChI is InChI=1S/C27H30N6O3/c1-19-6-4-7-20(16-19)33-25(29-22-8-5-11-28-26(22)33)18-31-12-14-32(15-13-31)27(34)30-23-17-21(35-2)9-10-24(23)36-3/h4-11,16-17H,12-15,18H2,1-3H3,(H,30,34). The third-order valence-electron chi connectivity index (χ3n) is 6.42. The quantitative estimate of drug-likeness (QED) is 0.442. The molecule has 9 heteroatoms. The largest absolute Gasteiger partial charge is 0.497 e. The summed E-state index contributed by atoms with van der Waals surface area (Å²) in [5.74, 6) is 2.18. The van der Waals surface area contributed by atoms with Gasteiger partial charge in [0.15, 0.2) is 5.65 Å². The van der Waals surface area contributed by atoms with Crippen molar-refractivity contribution in [2.24, 2.45) is 0 Å². The van der Waals surface area contributed by atoms with Crippen LogP contribution in [0, 0.1) is 6.92 Å². The molecule has 5 rings (SSSR count). The SMILES string of the molecule is COc1ccc(OC)c(NC(=O)N2CCN(Cc3nc4cccnc4n3-c3cccc(C)c3)CC2)c1. The number of pyridine rings is 1. The number of carbonyl (C=O) groups is 1. The van der Waals surface area contributed by atoms with Gasteiger partial charge in [0.2, 0.25) is 0 Å². The highest BCUT2D eigenvalue weighted by Crippen LogP contribution is 2.29. The third kappa shape index (κ3) is 4.83. The van der Waals surface area contributed by atoms with Crippen LogP contribution in [0.4, 0.5) is 10.5 Å². The van der Waals surface area contributed by atoms with Crippen molar-refractivity contribution in [3.05, 3.63) is 72.2 Å². The Morgan fingerprint density at radius 1 is 1.00 bits per heavy atom. The Labute approximate surface area is 210 Å². The maximum Gasteiger partial charge on any atom is 0.322 e. The third-order valence-corrected chi connectivity index (χ3v) is 6.42. The van der Waals surface area contributed by atoms with Gasteiger partial charge in [0.05, 0.1) is 26.5 Å². The van der Waals surface area contributed by atoms with E-state index < -0.39 is 0 Å². The summed E-state index contributed by atoms with van der Waals surface area (Å²) in [7, 11) is 3.17. The molecule has 1 saturated heterocycles. The molecule has 9 nitrogen and oxygen atoms in total. The van der Waals surface area contributed by atoms with Crippen LogP contribution >= 0.6 is 0 Å². The maximum atomic E-state index is 13.0. The van der Waals surface area contributed by atoms with E-state index in [0.717, 1.165) is 35.8 Å². The molecule has 0 atom stereocenters. The number of aryl methyl sites for hydroxylation is 1. The average Bonchev–Trinajstić information content (AvgIpc) is 3.26. The Morgan fingerprint density at radius 3 is 2.58 bits per heavy atom. The number of ether oxygens (including phenoxy) is 2. The van der Waals surface area contributed by atoms with Gasteiger partial charge in [-0.1, -0.05) is 12.1 Å². The number of urea groups is 1. The number of benzene rings is 2. The topological polar surface area (TPSA) is 84.8 Å². The zero-order valence-electron chi connectivity index (χ0n) is 20.8. The van der Waals surface area contributed by atoms with Crippen LogP contribution in [-0.2, 0) is 6.54 Å². The van der Waals surface area contributed by atoms with E-state index in [1.807, 2.05) is 17.0 Å². The Balaban J connectivity index is 1.28. The highest BCUT2D eigenvalue weighted by Gasteiger charge is 2.24. The van der Waals surface area contributed by atoms with E-state index in [0.29, 0.717) is 36.8 Å². The molecule has 0 unspecified atom stereocenters. The molecule has 36 heavy (non-hydrogen) atoms. The number of rotatable bonds is 6. The Morgan fingerprint density at radius 2 is 1.83 bits per heavy atom. The van der Waals surface area contributed by atoms with Crippen molar-refractivity contribution in [2.75, 3.05) is 45.7 Å². The van der Waals surface area contributed by atoms with Gasteiger partial charge in [-0.05, 0) is 48.9 Å². The highest BCUT2D eigenvalue weighted by atomic mass is 16.5. The molecule has 1 aliphatic rings. The number of aromatic nitrogens is 3. The normalized spacial score (nSPS) is 14.1. The van der Waals surface area contributed by atoms with Gasteiger partial charge in [-0.3, -0.25) is 9.47 Å². The first-order valence-electron chi connectivity index (χ1n) is 12.0. The van der Waals surface area contributed by atoms with Gasteiger partial charge < -0.3 is 19.7 Å². The number of imidazole rings is 1. The lowest BCUT2D eigenvalue weighted by Crippen LogP contribution is -2.49. The summed E-state index contributed by atoms with van der Waals surface area (Å²) in [6.45, 7) is 5.47. The van der Waals surface area contributed by atoms with E-state index in [1.54, 1.807) is 38.6 Å². The van der Waals surface area contributed by atoms with Gasteiger partial charge in [0, 0.05) is 44.1 Å². The summed E-state index contributed by atoms with van der Waals surface area (Å²) < 4.78 is 12.8. The fourth-order valence-electron chi connectivity index (χ4n) is 4.52. The minimum atomic E-state index is -0.155. The van der Waals surface area contributed by atoms with Crippen LogP contribution in [0.5, 0.6) is 11.5 Å². The lowest BCUT2D eigenvalue weighted by Gasteiger charge is -2.34. The van der Waals surface area contributed by atoms with Gasteiger partial charge >= 0.3 is 6.03 Å². The number of nitrogens with zero attached hydrogens (tertiary/aromatic N) is 5. The molecule has 2 amide bonds. The molecular weight excluding hydrogens is 456 g/mol. The molecule has 3 heterocycles. The van der Waals surface area contributed by atoms with E-state index in [9.17, 15) is 4.79 Å². The Hall–Kier alpha value is -4.11. The number of amides is 2. The summed E-state index contributed by atoms with van der Waals surface area (Å²) in [5.41, 5.74) is 4.55. The van der Waals surface area contributed by atoms with Crippen molar-refractivity contribution >= 4 is 22.9 Å². The van der Waals surface area contributed by atoms with Crippen LogP contribution in [0.25, 0.3) is 16.9 Å².